The van der Waals surface area contributed by atoms with Crippen molar-refractivity contribution in [2.45, 2.75) is 82.4 Å². The quantitative estimate of drug-likeness (QED) is 0.322. The first-order valence-electron chi connectivity index (χ1n) is 8.61. The summed E-state index contributed by atoms with van der Waals surface area (Å²) in [5, 5.41) is 0. The van der Waals surface area contributed by atoms with Gasteiger partial charge in [-0.3, -0.25) is 4.55 Å². The summed E-state index contributed by atoms with van der Waals surface area (Å²) < 4.78 is 31.8. The fourth-order valence-electron chi connectivity index (χ4n) is 2.76. The minimum Gasteiger partial charge on any atom is -0.282 e. The van der Waals surface area contributed by atoms with Gasteiger partial charge in [0.15, 0.2) is 0 Å². The Labute approximate surface area is 200 Å². The van der Waals surface area contributed by atoms with Crippen LogP contribution in [-0.4, -0.2) is 80.3 Å². The van der Waals surface area contributed by atoms with Crippen LogP contribution in [0.5, 0.6) is 0 Å². The van der Waals surface area contributed by atoms with Gasteiger partial charge in [-0.15, -0.1) is 0 Å². The van der Waals surface area contributed by atoms with Gasteiger partial charge in [0.25, 0.3) is 10.1 Å². The Balaban J connectivity index is 0. The zero-order chi connectivity index (χ0) is 16.3. The molecule has 3 nitrogen and oxygen atoms in total. The molecule has 0 bridgehead atoms. The molecule has 1 aromatic carbocycles. The van der Waals surface area contributed by atoms with Gasteiger partial charge in [0.1, 0.15) is 0 Å². The first kappa shape index (κ1) is 27.6. The Kier molecular flexibility index (Phi) is 19.0. The summed E-state index contributed by atoms with van der Waals surface area (Å²) in [4.78, 5) is 0.0610. The number of benzene rings is 1. The summed E-state index contributed by atoms with van der Waals surface area (Å²) in [6.07, 6.45) is 13.3. The summed E-state index contributed by atoms with van der Waals surface area (Å²) in [6, 6.07) is 6.73. The van der Waals surface area contributed by atoms with Crippen molar-refractivity contribution in [2.75, 3.05) is 0 Å². The largest absolute Gasteiger partial charge is 0.294 e. The SMILES string of the molecule is CCCCCCCCCCCCc1ccccc1S(=O)(=O)O.[Ca].[Na]. The molecule has 6 heteroatoms. The topological polar surface area (TPSA) is 54.4 Å². The standard InChI is InChI=1S/C18H30O3S.Ca.Na/c1-2-3-4-5-6-7-8-9-10-11-14-17-15-12-13-16-18(17)22(19,20)21;;/h12-13,15-16H,2-11,14H2,1H3,(H,19,20,21);;. The molecule has 1 N–H and O–H groups in total. The molecule has 0 saturated carbocycles. The van der Waals surface area contributed by atoms with Crippen molar-refractivity contribution in [3.63, 3.8) is 0 Å². The van der Waals surface area contributed by atoms with Crippen LogP contribution in [-0.2, 0) is 16.5 Å². The van der Waals surface area contributed by atoms with Gasteiger partial charge in [0.05, 0.1) is 4.90 Å². The third-order valence-corrected chi connectivity index (χ3v) is 5.00. The molecular formula is C18H30CaNaO3S. The number of hydrogen-bond acceptors (Lipinski definition) is 2. The number of hydrogen-bond donors (Lipinski definition) is 1. The van der Waals surface area contributed by atoms with Gasteiger partial charge in [-0.05, 0) is 24.5 Å². The van der Waals surface area contributed by atoms with Crippen molar-refractivity contribution >= 4 is 77.4 Å². The van der Waals surface area contributed by atoms with Gasteiger partial charge < -0.3 is 0 Å². The fourth-order valence-corrected chi connectivity index (χ4v) is 3.52. The summed E-state index contributed by atoms with van der Waals surface area (Å²) >= 11 is 0. The van der Waals surface area contributed by atoms with Crippen molar-refractivity contribution < 1.29 is 13.0 Å². The van der Waals surface area contributed by atoms with E-state index in [4.69, 9.17) is 0 Å². The zero-order valence-electron chi connectivity index (χ0n) is 15.5. The normalized spacial score (nSPS) is 10.8. The van der Waals surface area contributed by atoms with E-state index in [2.05, 4.69) is 6.92 Å². The fraction of sp³-hybridized carbons (Fsp3) is 0.667. The van der Waals surface area contributed by atoms with Gasteiger partial charge in [0.2, 0.25) is 0 Å². The van der Waals surface area contributed by atoms with E-state index in [0.717, 1.165) is 18.4 Å². The van der Waals surface area contributed by atoms with E-state index in [1.54, 1.807) is 12.1 Å². The van der Waals surface area contributed by atoms with Crippen LogP contribution in [0.25, 0.3) is 0 Å². The van der Waals surface area contributed by atoms with E-state index in [9.17, 15) is 13.0 Å². The van der Waals surface area contributed by atoms with Crippen LogP contribution in [0, 0.1) is 0 Å². The molecule has 1 rings (SSSR count). The monoisotopic (exact) mass is 389 g/mol. The average molecular weight is 390 g/mol. The molecule has 129 valence electrons. The summed E-state index contributed by atoms with van der Waals surface area (Å²) in [5.41, 5.74) is 0.726. The van der Waals surface area contributed by atoms with Gasteiger partial charge in [-0.1, -0.05) is 82.9 Å². The van der Waals surface area contributed by atoms with E-state index in [1.807, 2.05) is 6.07 Å². The first-order valence-corrected chi connectivity index (χ1v) is 10.0. The molecule has 3 radical (unpaired) electrons. The minimum absolute atomic E-state index is 0. The Hall–Kier alpha value is 1.39. The van der Waals surface area contributed by atoms with Crippen molar-refractivity contribution in [3.8, 4) is 0 Å². The molecule has 0 aromatic heterocycles. The molecular weight excluding hydrogens is 359 g/mol. The van der Waals surface area contributed by atoms with Crippen molar-refractivity contribution in [1.82, 2.24) is 0 Å². The summed E-state index contributed by atoms with van der Waals surface area (Å²) in [7, 11) is -4.10. The Morgan fingerprint density at radius 2 is 1.29 bits per heavy atom. The third-order valence-electron chi connectivity index (χ3n) is 4.05. The minimum atomic E-state index is -4.10. The van der Waals surface area contributed by atoms with Gasteiger partial charge >= 0.3 is 0 Å². The molecule has 0 atom stereocenters. The molecule has 1 aromatic rings. The maximum absolute atomic E-state index is 11.3. The van der Waals surface area contributed by atoms with Crippen LogP contribution in [0.1, 0.15) is 76.7 Å². The van der Waals surface area contributed by atoms with Gasteiger partial charge in [-0.25, -0.2) is 0 Å². The van der Waals surface area contributed by atoms with Crippen LogP contribution >= 0.6 is 0 Å². The van der Waals surface area contributed by atoms with E-state index in [0.29, 0.717) is 6.42 Å². The third kappa shape index (κ3) is 12.7. The molecule has 0 saturated heterocycles. The van der Waals surface area contributed by atoms with Crippen LogP contribution in [0.15, 0.2) is 29.2 Å². The second-order valence-corrected chi connectivity index (χ2v) is 7.40. The van der Waals surface area contributed by atoms with Gasteiger partial charge in [-0.2, -0.15) is 8.42 Å². The van der Waals surface area contributed by atoms with Crippen LogP contribution in [0.4, 0.5) is 0 Å². The average Bonchev–Trinajstić information content (AvgIpc) is 2.48. The van der Waals surface area contributed by atoms with Crippen LogP contribution in [0.3, 0.4) is 0 Å². The molecule has 0 amide bonds. The molecule has 0 fully saturated rings. The van der Waals surface area contributed by atoms with Crippen molar-refractivity contribution in [1.29, 1.82) is 0 Å². The van der Waals surface area contributed by atoms with E-state index >= 15 is 0 Å². The Morgan fingerprint density at radius 1 is 0.833 bits per heavy atom. The molecule has 0 aliphatic rings. The smallest absolute Gasteiger partial charge is 0.282 e. The molecule has 0 aliphatic carbocycles. The molecule has 0 spiro atoms. The summed E-state index contributed by atoms with van der Waals surface area (Å²) in [6.45, 7) is 2.24. The maximum atomic E-state index is 11.3. The zero-order valence-corrected chi connectivity index (χ0v) is 20.5. The number of rotatable bonds is 12. The molecule has 0 heterocycles. The summed E-state index contributed by atoms with van der Waals surface area (Å²) in [5.74, 6) is 0. The second kappa shape index (κ2) is 16.6. The molecule has 0 aliphatic heterocycles. The van der Waals surface area contributed by atoms with Crippen molar-refractivity contribution in [2.24, 2.45) is 0 Å². The van der Waals surface area contributed by atoms with Crippen LogP contribution < -0.4 is 0 Å². The van der Waals surface area contributed by atoms with Crippen molar-refractivity contribution in [3.05, 3.63) is 29.8 Å². The second-order valence-electron chi connectivity index (χ2n) is 6.01. The first-order chi connectivity index (χ1) is 10.6. The maximum Gasteiger partial charge on any atom is 0.294 e. The Bertz CT molecular complexity index is 521. The number of unbranched alkanes of at least 4 members (excludes halogenated alkanes) is 9. The predicted molar refractivity (Wildman–Crippen MR) is 103 cm³/mol. The Morgan fingerprint density at radius 3 is 1.79 bits per heavy atom. The number of aryl methyl sites for hydroxylation is 1. The van der Waals surface area contributed by atoms with E-state index in [1.165, 1.54) is 57.4 Å². The van der Waals surface area contributed by atoms with E-state index in [-0.39, 0.29) is 72.2 Å². The predicted octanol–water partition coefficient (Wildman–Crippen LogP) is 4.64. The van der Waals surface area contributed by atoms with Gasteiger partial charge in [0, 0.05) is 67.3 Å². The molecule has 24 heavy (non-hydrogen) atoms. The van der Waals surface area contributed by atoms with Crippen LogP contribution in [0.2, 0.25) is 0 Å². The molecule has 0 unspecified atom stereocenters. The van der Waals surface area contributed by atoms with E-state index < -0.39 is 10.1 Å².